The summed E-state index contributed by atoms with van der Waals surface area (Å²) in [6, 6.07) is 2.30. The zero-order valence-corrected chi connectivity index (χ0v) is 20.3. The van der Waals surface area contributed by atoms with E-state index in [4.69, 9.17) is 0 Å². The van der Waals surface area contributed by atoms with Gasteiger partial charge >= 0.3 is 6.09 Å². The number of carbonyl (C=O) groups is 1. The van der Waals surface area contributed by atoms with Crippen LogP contribution in [-0.4, -0.2) is 51.0 Å². The number of hydrogen-bond donors (Lipinski definition) is 3. The van der Waals surface area contributed by atoms with Crippen molar-refractivity contribution in [2.75, 3.05) is 6.54 Å². The number of halogens is 2. The Morgan fingerprint density at radius 1 is 1.12 bits per heavy atom. The van der Waals surface area contributed by atoms with E-state index < -0.39 is 35.4 Å². The first-order valence-corrected chi connectivity index (χ1v) is 11.5. The second kappa shape index (κ2) is 10.0. The van der Waals surface area contributed by atoms with Gasteiger partial charge < -0.3 is 15.5 Å². The number of benzene rings is 1. The smallest absolute Gasteiger partial charge is 0.408 e. The lowest BCUT2D eigenvalue weighted by Gasteiger charge is -2.42. The van der Waals surface area contributed by atoms with Crippen molar-refractivity contribution in [3.8, 4) is 0 Å². The monoisotopic (exact) mass is 454 g/mol. The minimum Gasteiger partial charge on any atom is -0.465 e. The highest BCUT2D eigenvalue weighted by Gasteiger charge is 2.43. The maximum absolute atomic E-state index is 13.7. The van der Waals surface area contributed by atoms with Crippen molar-refractivity contribution in [1.82, 2.24) is 10.2 Å². The quantitative estimate of drug-likeness (QED) is 0.445. The summed E-state index contributed by atoms with van der Waals surface area (Å²) in [5.74, 6) is -1.44. The molecule has 1 aromatic carbocycles. The molecule has 32 heavy (non-hydrogen) atoms. The largest absolute Gasteiger partial charge is 0.465 e. The van der Waals surface area contributed by atoms with Crippen molar-refractivity contribution in [3.05, 3.63) is 35.4 Å². The summed E-state index contributed by atoms with van der Waals surface area (Å²) in [7, 11) is 0. The summed E-state index contributed by atoms with van der Waals surface area (Å²) >= 11 is 0. The zero-order valence-electron chi connectivity index (χ0n) is 20.3. The van der Waals surface area contributed by atoms with Gasteiger partial charge in [-0.1, -0.05) is 27.2 Å². The number of nitrogens with zero attached hydrogens (tertiary/aromatic N) is 1. The Kier molecular flexibility index (Phi) is 8.32. The topological polar surface area (TPSA) is 72.8 Å². The molecule has 0 aromatic heterocycles. The van der Waals surface area contributed by atoms with E-state index in [1.807, 2.05) is 0 Å². The summed E-state index contributed by atoms with van der Waals surface area (Å²) in [6.45, 7) is 12.1. The predicted octanol–water partition coefficient (Wildman–Crippen LogP) is 5.35. The second-order valence-electron chi connectivity index (χ2n) is 11.5. The molecule has 1 saturated carbocycles. The van der Waals surface area contributed by atoms with Gasteiger partial charge in [0.15, 0.2) is 0 Å². The van der Waals surface area contributed by atoms with Gasteiger partial charge in [0.05, 0.1) is 12.1 Å². The maximum atomic E-state index is 13.7. The summed E-state index contributed by atoms with van der Waals surface area (Å²) in [5, 5.41) is 24.4. The van der Waals surface area contributed by atoms with Crippen LogP contribution in [0.1, 0.15) is 79.2 Å². The Morgan fingerprint density at radius 2 is 1.69 bits per heavy atom. The lowest BCUT2D eigenvalue weighted by atomic mass is 9.88. The van der Waals surface area contributed by atoms with Crippen LogP contribution in [0.25, 0.3) is 0 Å². The van der Waals surface area contributed by atoms with Gasteiger partial charge in [0.2, 0.25) is 0 Å². The second-order valence-corrected chi connectivity index (χ2v) is 11.5. The highest BCUT2D eigenvalue weighted by atomic mass is 19.1. The molecule has 2 atom stereocenters. The number of rotatable bonds is 10. The normalized spacial score (nSPS) is 17.7. The van der Waals surface area contributed by atoms with Crippen molar-refractivity contribution >= 4 is 6.09 Å². The third kappa shape index (κ3) is 8.00. The summed E-state index contributed by atoms with van der Waals surface area (Å²) in [4.78, 5) is 13.3. The van der Waals surface area contributed by atoms with Crippen LogP contribution in [0.5, 0.6) is 0 Å². The van der Waals surface area contributed by atoms with Crippen LogP contribution in [-0.2, 0) is 6.42 Å². The van der Waals surface area contributed by atoms with E-state index in [-0.39, 0.29) is 23.9 Å². The van der Waals surface area contributed by atoms with Crippen LogP contribution in [0.15, 0.2) is 18.2 Å². The Bertz CT molecular complexity index is 762. The fourth-order valence-electron chi connectivity index (χ4n) is 4.38. The summed E-state index contributed by atoms with van der Waals surface area (Å²) in [5.41, 5.74) is -0.214. The molecule has 0 radical (unpaired) electrons. The molecule has 0 saturated heterocycles. The molecule has 7 heteroatoms. The number of amides is 1. The number of β-amino-alcohol motifs (C(OH)–C–C–N with tert-alkyl or cyclic N) is 1. The van der Waals surface area contributed by atoms with E-state index in [0.29, 0.717) is 5.56 Å². The van der Waals surface area contributed by atoms with E-state index in [1.165, 1.54) is 17.0 Å². The van der Waals surface area contributed by atoms with Gasteiger partial charge in [-0.05, 0) is 76.0 Å². The third-order valence-electron chi connectivity index (χ3n) is 6.19. The fourth-order valence-corrected chi connectivity index (χ4v) is 4.38. The molecule has 1 amide bonds. The van der Waals surface area contributed by atoms with E-state index in [9.17, 15) is 23.8 Å². The minimum atomic E-state index is -1.18. The summed E-state index contributed by atoms with van der Waals surface area (Å²) < 4.78 is 27.5. The molecule has 0 aliphatic heterocycles. The fraction of sp³-hybridized carbons (Fsp3) is 0.720. The van der Waals surface area contributed by atoms with Gasteiger partial charge in [0, 0.05) is 23.7 Å². The predicted molar refractivity (Wildman–Crippen MR) is 123 cm³/mol. The van der Waals surface area contributed by atoms with Crippen molar-refractivity contribution in [2.45, 2.75) is 103 Å². The first-order valence-electron chi connectivity index (χ1n) is 11.5. The molecule has 2 unspecified atom stereocenters. The van der Waals surface area contributed by atoms with Crippen LogP contribution in [0.2, 0.25) is 0 Å². The SMILES string of the molecule is CC(C)(C)CCCC1(NCC(O)C(Cc2cc(F)cc(F)c2)N(C(=O)O)C(C)(C)C)CC1. The molecule has 0 spiro atoms. The molecule has 5 nitrogen and oxygen atoms in total. The van der Waals surface area contributed by atoms with Crippen LogP contribution in [0, 0.1) is 17.0 Å². The number of carboxylic acid groups (broad SMARTS) is 1. The standard InChI is InChI=1S/C25H40F2N2O3/c1-23(2,3)8-7-9-25(10-11-25)28-16-21(30)20(29(22(31)32)24(4,5)6)14-17-12-18(26)15-19(27)13-17/h12-13,15,20-21,28,30H,7-11,14,16H2,1-6H3,(H,31,32). The Hall–Kier alpha value is -1.73. The molecular formula is C25H40F2N2O3. The van der Waals surface area contributed by atoms with E-state index >= 15 is 0 Å². The molecule has 2 rings (SSSR count). The van der Waals surface area contributed by atoms with Crippen LogP contribution in [0.4, 0.5) is 13.6 Å². The summed E-state index contributed by atoms with van der Waals surface area (Å²) in [6.07, 6.45) is 3.08. The van der Waals surface area contributed by atoms with Crippen LogP contribution < -0.4 is 5.32 Å². The molecular weight excluding hydrogens is 414 g/mol. The molecule has 0 heterocycles. The first-order chi connectivity index (χ1) is 14.6. The number of nitrogens with one attached hydrogen (secondary N) is 1. The molecule has 3 N–H and O–H groups in total. The highest BCUT2D eigenvalue weighted by Crippen LogP contribution is 2.41. The van der Waals surface area contributed by atoms with Gasteiger partial charge in [-0.2, -0.15) is 0 Å². The molecule has 1 aliphatic rings. The third-order valence-corrected chi connectivity index (χ3v) is 6.19. The Labute approximate surface area is 191 Å². The van der Waals surface area contributed by atoms with Gasteiger partial charge in [-0.3, -0.25) is 4.90 Å². The van der Waals surface area contributed by atoms with Crippen LogP contribution >= 0.6 is 0 Å². The number of hydrogen-bond acceptors (Lipinski definition) is 3. The molecule has 182 valence electrons. The lowest BCUT2D eigenvalue weighted by Crippen LogP contribution is -2.58. The van der Waals surface area contributed by atoms with Crippen molar-refractivity contribution in [3.63, 3.8) is 0 Å². The molecule has 0 bridgehead atoms. The zero-order chi connectivity index (χ0) is 24.3. The van der Waals surface area contributed by atoms with Gasteiger partial charge in [-0.15, -0.1) is 0 Å². The first kappa shape index (κ1) is 26.5. The Balaban J connectivity index is 2.15. The maximum Gasteiger partial charge on any atom is 0.408 e. The van der Waals surface area contributed by atoms with Crippen molar-refractivity contribution in [1.29, 1.82) is 0 Å². The van der Waals surface area contributed by atoms with E-state index in [2.05, 4.69) is 26.1 Å². The van der Waals surface area contributed by atoms with Crippen molar-refractivity contribution in [2.24, 2.45) is 5.41 Å². The van der Waals surface area contributed by atoms with Crippen LogP contribution in [0.3, 0.4) is 0 Å². The number of aliphatic hydroxyl groups is 1. The average Bonchev–Trinajstić information content (AvgIpc) is 3.35. The highest BCUT2D eigenvalue weighted by molar-refractivity contribution is 5.66. The number of aliphatic hydroxyl groups excluding tert-OH is 1. The van der Waals surface area contributed by atoms with Gasteiger partial charge in [0.25, 0.3) is 0 Å². The van der Waals surface area contributed by atoms with E-state index in [0.717, 1.165) is 38.2 Å². The van der Waals surface area contributed by atoms with Gasteiger partial charge in [0.1, 0.15) is 11.6 Å². The molecule has 1 aliphatic carbocycles. The molecule has 1 fully saturated rings. The van der Waals surface area contributed by atoms with E-state index in [1.54, 1.807) is 20.8 Å². The van der Waals surface area contributed by atoms with Gasteiger partial charge in [-0.25, -0.2) is 13.6 Å². The van der Waals surface area contributed by atoms with Crippen molar-refractivity contribution < 1.29 is 23.8 Å². The molecule has 1 aromatic rings. The lowest BCUT2D eigenvalue weighted by molar-refractivity contribution is 0.00636. The average molecular weight is 455 g/mol. The minimum absolute atomic E-state index is 0.00245. The Morgan fingerprint density at radius 3 is 2.12 bits per heavy atom.